The molecule has 6 heteroatoms. The number of nitrogens with zero attached hydrogens (tertiary/aromatic N) is 4. The molecule has 148 valence electrons. The highest BCUT2D eigenvalue weighted by molar-refractivity contribution is 5.70. The third-order valence-electron chi connectivity index (χ3n) is 4.44. The Kier molecular flexibility index (Phi) is 7.82. The highest BCUT2D eigenvalue weighted by atomic mass is 16.5. The Morgan fingerprint density at radius 1 is 1.00 bits per heavy atom. The summed E-state index contributed by atoms with van der Waals surface area (Å²) in [6.45, 7) is 7.02. The lowest BCUT2D eigenvalue weighted by Crippen LogP contribution is -2.11. The molecule has 0 unspecified atom stereocenters. The van der Waals surface area contributed by atoms with Gasteiger partial charge in [-0.1, -0.05) is 33.6 Å². The molecule has 0 aliphatic carbocycles. The van der Waals surface area contributed by atoms with Crippen molar-refractivity contribution in [2.24, 2.45) is 0 Å². The SMILES string of the molecule is CCCCCOc1nc(CC)c(-c2cnc(N(C)C)cc2OC)nc1CC. The molecule has 2 rings (SSSR count). The van der Waals surface area contributed by atoms with Gasteiger partial charge in [-0.15, -0.1) is 0 Å². The van der Waals surface area contributed by atoms with Crippen LogP contribution < -0.4 is 14.4 Å². The molecule has 0 N–H and O–H groups in total. The van der Waals surface area contributed by atoms with Gasteiger partial charge in [-0.3, -0.25) is 0 Å². The van der Waals surface area contributed by atoms with E-state index in [1.54, 1.807) is 7.11 Å². The molecule has 0 aliphatic rings. The summed E-state index contributed by atoms with van der Waals surface area (Å²) in [5, 5.41) is 0. The summed E-state index contributed by atoms with van der Waals surface area (Å²) in [6, 6.07) is 1.93. The van der Waals surface area contributed by atoms with Gasteiger partial charge in [0, 0.05) is 26.4 Å². The Hall–Kier alpha value is -2.37. The molecular formula is C21H32N4O2. The number of pyridine rings is 1. The van der Waals surface area contributed by atoms with Gasteiger partial charge in [0.1, 0.15) is 17.3 Å². The first kappa shape index (κ1) is 20.9. The molecule has 0 saturated heterocycles. The summed E-state index contributed by atoms with van der Waals surface area (Å²) < 4.78 is 11.6. The van der Waals surface area contributed by atoms with Gasteiger partial charge in [0.15, 0.2) is 0 Å². The van der Waals surface area contributed by atoms with Crippen molar-refractivity contribution in [1.82, 2.24) is 15.0 Å². The fourth-order valence-electron chi connectivity index (χ4n) is 2.83. The molecule has 0 saturated carbocycles. The summed E-state index contributed by atoms with van der Waals surface area (Å²) in [5.74, 6) is 2.25. The second-order valence-corrected chi connectivity index (χ2v) is 6.67. The van der Waals surface area contributed by atoms with Crippen molar-refractivity contribution in [3.8, 4) is 22.9 Å². The largest absolute Gasteiger partial charge is 0.496 e. The average molecular weight is 373 g/mol. The molecule has 0 aromatic carbocycles. The van der Waals surface area contributed by atoms with Crippen LogP contribution in [0.25, 0.3) is 11.3 Å². The third-order valence-corrected chi connectivity index (χ3v) is 4.44. The molecule has 0 fully saturated rings. The van der Waals surface area contributed by atoms with Crippen LogP contribution in [0.1, 0.15) is 51.4 Å². The van der Waals surface area contributed by atoms with Gasteiger partial charge in [-0.25, -0.2) is 15.0 Å². The molecule has 0 spiro atoms. The molecule has 0 bridgehead atoms. The van der Waals surface area contributed by atoms with E-state index < -0.39 is 0 Å². The number of aromatic nitrogens is 3. The number of ether oxygens (including phenoxy) is 2. The number of unbranched alkanes of at least 4 members (excludes halogenated alkanes) is 2. The fourth-order valence-corrected chi connectivity index (χ4v) is 2.83. The second-order valence-electron chi connectivity index (χ2n) is 6.67. The van der Waals surface area contributed by atoms with Crippen molar-refractivity contribution >= 4 is 5.82 Å². The molecule has 27 heavy (non-hydrogen) atoms. The lowest BCUT2D eigenvalue weighted by molar-refractivity contribution is 0.289. The maximum absolute atomic E-state index is 5.94. The summed E-state index contributed by atoms with van der Waals surface area (Å²) >= 11 is 0. The minimum atomic E-state index is 0.658. The van der Waals surface area contributed by atoms with Crippen molar-refractivity contribution in [2.45, 2.75) is 52.9 Å². The summed E-state index contributed by atoms with van der Waals surface area (Å²) in [7, 11) is 5.58. The standard InChI is InChI=1S/C21H32N4O2/c1-7-10-11-12-27-21-17(9-3)23-20(16(8-2)24-21)15-14-22-19(25(4)5)13-18(15)26-6/h13-14H,7-12H2,1-6H3. The van der Waals surface area contributed by atoms with E-state index in [1.165, 1.54) is 6.42 Å². The second kappa shape index (κ2) is 10.1. The van der Waals surface area contributed by atoms with Gasteiger partial charge in [-0.05, 0) is 19.3 Å². The normalized spacial score (nSPS) is 10.7. The Morgan fingerprint density at radius 3 is 2.33 bits per heavy atom. The fraction of sp³-hybridized carbons (Fsp3) is 0.571. The van der Waals surface area contributed by atoms with Crippen LogP contribution in [0.3, 0.4) is 0 Å². The number of rotatable bonds is 10. The van der Waals surface area contributed by atoms with E-state index in [0.29, 0.717) is 12.5 Å². The number of anilines is 1. The van der Waals surface area contributed by atoms with Crippen molar-refractivity contribution in [1.29, 1.82) is 0 Å². The first-order valence-corrected chi connectivity index (χ1v) is 9.79. The van der Waals surface area contributed by atoms with Crippen LogP contribution in [-0.2, 0) is 12.8 Å². The number of aryl methyl sites for hydroxylation is 2. The number of hydrogen-bond acceptors (Lipinski definition) is 6. The zero-order chi connectivity index (χ0) is 19.8. The minimum absolute atomic E-state index is 0.658. The lowest BCUT2D eigenvalue weighted by atomic mass is 10.1. The van der Waals surface area contributed by atoms with Gasteiger partial charge in [0.2, 0.25) is 5.88 Å². The van der Waals surface area contributed by atoms with Gasteiger partial charge in [-0.2, -0.15) is 0 Å². The Labute approximate surface area is 163 Å². The number of methoxy groups -OCH3 is 1. The molecule has 6 nitrogen and oxygen atoms in total. The highest BCUT2D eigenvalue weighted by Crippen LogP contribution is 2.34. The lowest BCUT2D eigenvalue weighted by Gasteiger charge is -2.17. The zero-order valence-electron chi connectivity index (χ0n) is 17.5. The smallest absolute Gasteiger partial charge is 0.235 e. The third kappa shape index (κ3) is 5.08. The Balaban J connectivity index is 2.44. The molecule has 0 aliphatic heterocycles. The first-order chi connectivity index (χ1) is 13.0. The van der Waals surface area contributed by atoms with Crippen molar-refractivity contribution in [2.75, 3.05) is 32.7 Å². The van der Waals surface area contributed by atoms with E-state index in [0.717, 1.165) is 59.9 Å². The Morgan fingerprint density at radius 2 is 1.74 bits per heavy atom. The van der Waals surface area contributed by atoms with E-state index in [2.05, 4.69) is 25.8 Å². The van der Waals surface area contributed by atoms with Crippen LogP contribution in [0.2, 0.25) is 0 Å². The van der Waals surface area contributed by atoms with E-state index in [1.807, 2.05) is 31.3 Å². The van der Waals surface area contributed by atoms with Gasteiger partial charge < -0.3 is 14.4 Å². The predicted molar refractivity (Wildman–Crippen MR) is 110 cm³/mol. The molecule has 2 aromatic heterocycles. The first-order valence-electron chi connectivity index (χ1n) is 9.79. The summed E-state index contributed by atoms with van der Waals surface area (Å²) in [4.78, 5) is 16.2. The highest BCUT2D eigenvalue weighted by Gasteiger charge is 2.18. The van der Waals surface area contributed by atoms with E-state index in [-0.39, 0.29) is 0 Å². The monoisotopic (exact) mass is 372 g/mol. The summed E-state index contributed by atoms with van der Waals surface area (Å²) in [6.07, 6.45) is 6.71. The van der Waals surface area contributed by atoms with Crippen molar-refractivity contribution in [3.05, 3.63) is 23.7 Å². The maximum Gasteiger partial charge on any atom is 0.235 e. The maximum atomic E-state index is 5.94. The van der Waals surface area contributed by atoms with E-state index >= 15 is 0 Å². The van der Waals surface area contributed by atoms with Gasteiger partial charge in [0.25, 0.3) is 0 Å². The molecule has 0 atom stereocenters. The molecule has 0 amide bonds. The molecule has 2 aromatic rings. The Bertz CT molecular complexity index is 747. The average Bonchev–Trinajstić information content (AvgIpc) is 2.70. The molecule has 2 heterocycles. The van der Waals surface area contributed by atoms with Crippen LogP contribution >= 0.6 is 0 Å². The van der Waals surface area contributed by atoms with Crippen molar-refractivity contribution < 1.29 is 9.47 Å². The van der Waals surface area contributed by atoms with Crippen LogP contribution in [0.15, 0.2) is 12.3 Å². The number of hydrogen-bond donors (Lipinski definition) is 0. The van der Waals surface area contributed by atoms with Crippen LogP contribution in [0.5, 0.6) is 11.6 Å². The van der Waals surface area contributed by atoms with Crippen LogP contribution in [0.4, 0.5) is 5.82 Å². The minimum Gasteiger partial charge on any atom is -0.496 e. The van der Waals surface area contributed by atoms with Crippen molar-refractivity contribution in [3.63, 3.8) is 0 Å². The van der Waals surface area contributed by atoms with Crippen LogP contribution in [-0.4, -0.2) is 42.8 Å². The zero-order valence-corrected chi connectivity index (χ0v) is 17.5. The van der Waals surface area contributed by atoms with Gasteiger partial charge >= 0.3 is 0 Å². The van der Waals surface area contributed by atoms with E-state index in [4.69, 9.17) is 19.4 Å². The van der Waals surface area contributed by atoms with E-state index in [9.17, 15) is 0 Å². The molecule has 0 radical (unpaired) electrons. The quantitative estimate of drug-likeness (QED) is 0.579. The van der Waals surface area contributed by atoms with Gasteiger partial charge in [0.05, 0.1) is 30.7 Å². The summed E-state index contributed by atoms with van der Waals surface area (Å²) in [5.41, 5.74) is 3.46. The predicted octanol–water partition coefficient (Wildman–Crippen LogP) is 4.31. The topological polar surface area (TPSA) is 60.4 Å². The van der Waals surface area contributed by atoms with Crippen LogP contribution in [0, 0.1) is 0 Å². The molecular weight excluding hydrogens is 340 g/mol.